The van der Waals surface area contributed by atoms with Crippen molar-refractivity contribution in [3.05, 3.63) is 35.9 Å². The Balaban J connectivity index is 1.74. The van der Waals surface area contributed by atoms with Gasteiger partial charge in [-0.15, -0.1) is 0 Å². The summed E-state index contributed by atoms with van der Waals surface area (Å²) in [7, 11) is 1.84. The molecule has 0 aromatic heterocycles. The highest BCUT2D eigenvalue weighted by Gasteiger charge is 2.23. The van der Waals surface area contributed by atoms with Gasteiger partial charge in [-0.05, 0) is 31.4 Å². The molecule has 2 rings (SSSR count). The van der Waals surface area contributed by atoms with Gasteiger partial charge in [0.2, 0.25) is 0 Å². The minimum atomic E-state index is 0.416. The Morgan fingerprint density at radius 2 is 1.94 bits per heavy atom. The first-order chi connectivity index (χ1) is 8.40. The van der Waals surface area contributed by atoms with Crippen LogP contribution in [0.25, 0.3) is 0 Å². The molecule has 0 saturated heterocycles. The van der Waals surface area contributed by atoms with Crippen LogP contribution in [0, 0.1) is 0 Å². The molecule has 1 aromatic carbocycles. The number of hydrogen-bond donors (Lipinski definition) is 1. The van der Waals surface area contributed by atoms with Crippen LogP contribution in [0.15, 0.2) is 30.3 Å². The molecule has 1 aromatic rings. The Labute approximate surface area is 104 Å². The van der Waals surface area contributed by atoms with Crippen LogP contribution < -0.4 is 5.32 Å². The molecule has 94 valence electrons. The van der Waals surface area contributed by atoms with E-state index in [0.717, 1.165) is 13.0 Å². The molecule has 0 aliphatic heterocycles. The van der Waals surface area contributed by atoms with Crippen molar-refractivity contribution in [3.8, 4) is 0 Å². The van der Waals surface area contributed by atoms with Crippen LogP contribution in [-0.4, -0.2) is 25.8 Å². The first kappa shape index (κ1) is 12.6. The monoisotopic (exact) mass is 233 g/mol. The quantitative estimate of drug-likeness (QED) is 0.844. The molecule has 2 atom stereocenters. The molecule has 0 heterocycles. The Morgan fingerprint density at radius 1 is 1.18 bits per heavy atom. The number of methoxy groups -OCH3 is 1. The summed E-state index contributed by atoms with van der Waals surface area (Å²) >= 11 is 0. The van der Waals surface area contributed by atoms with Gasteiger partial charge in [-0.25, -0.2) is 0 Å². The normalized spacial score (nSPS) is 24.8. The topological polar surface area (TPSA) is 21.3 Å². The van der Waals surface area contributed by atoms with E-state index in [1.807, 2.05) is 7.11 Å². The molecule has 0 radical (unpaired) electrons. The predicted octanol–water partition coefficient (Wildman–Crippen LogP) is 2.78. The van der Waals surface area contributed by atoms with Gasteiger partial charge in [-0.2, -0.15) is 0 Å². The van der Waals surface area contributed by atoms with E-state index in [9.17, 15) is 0 Å². The van der Waals surface area contributed by atoms with E-state index in [2.05, 4.69) is 35.6 Å². The maximum atomic E-state index is 5.54. The minimum absolute atomic E-state index is 0.416. The van der Waals surface area contributed by atoms with Gasteiger partial charge < -0.3 is 10.1 Å². The number of ether oxygens (including phenoxy) is 1. The second kappa shape index (κ2) is 6.77. The van der Waals surface area contributed by atoms with Gasteiger partial charge in [0.1, 0.15) is 0 Å². The van der Waals surface area contributed by atoms with Crippen molar-refractivity contribution in [1.29, 1.82) is 0 Å². The molecule has 0 amide bonds. The van der Waals surface area contributed by atoms with Crippen LogP contribution in [0.4, 0.5) is 0 Å². The second-order valence-electron chi connectivity index (χ2n) is 4.85. The molecule has 1 N–H and O–H groups in total. The molecule has 17 heavy (non-hydrogen) atoms. The Kier molecular flexibility index (Phi) is 5.02. The molecule has 1 aliphatic rings. The molecule has 1 aliphatic carbocycles. The first-order valence-electron chi connectivity index (χ1n) is 6.70. The van der Waals surface area contributed by atoms with Crippen molar-refractivity contribution in [1.82, 2.24) is 5.32 Å². The number of rotatable bonds is 5. The summed E-state index contributed by atoms with van der Waals surface area (Å²) in [6.07, 6.45) is 6.64. The van der Waals surface area contributed by atoms with E-state index in [0.29, 0.717) is 12.1 Å². The van der Waals surface area contributed by atoms with Crippen LogP contribution in [0.5, 0.6) is 0 Å². The molecular formula is C15H23NO. The van der Waals surface area contributed by atoms with Gasteiger partial charge in [0.05, 0.1) is 6.10 Å². The van der Waals surface area contributed by atoms with Crippen molar-refractivity contribution in [2.45, 2.75) is 44.2 Å². The largest absolute Gasteiger partial charge is 0.380 e. The second-order valence-corrected chi connectivity index (χ2v) is 4.85. The smallest absolute Gasteiger partial charge is 0.0724 e. The average Bonchev–Trinajstić information content (AvgIpc) is 2.40. The zero-order valence-corrected chi connectivity index (χ0v) is 10.7. The van der Waals surface area contributed by atoms with Gasteiger partial charge in [-0.1, -0.05) is 43.2 Å². The molecule has 2 nitrogen and oxygen atoms in total. The molecule has 2 heteroatoms. The molecule has 1 fully saturated rings. The molecular weight excluding hydrogens is 210 g/mol. The Bertz CT molecular complexity index is 312. The van der Waals surface area contributed by atoms with Crippen molar-refractivity contribution in [3.63, 3.8) is 0 Å². The summed E-state index contributed by atoms with van der Waals surface area (Å²) < 4.78 is 5.54. The van der Waals surface area contributed by atoms with E-state index >= 15 is 0 Å². The fourth-order valence-electron chi connectivity index (χ4n) is 2.66. The van der Waals surface area contributed by atoms with Crippen LogP contribution in [0.3, 0.4) is 0 Å². The van der Waals surface area contributed by atoms with Crippen LogP contribution in [0.2, 0.25) is 0 Å². The highest BCUT2D eigenvalue weighted by Crippen LogP contribution is 2.20. The maximum absolute atomic E-state index is 5.54. The number of hydrogen-bond acceptors (Lipinski definition) is 2. The van der Waals surface area contributed by atoms with E-state index in [4.69, 9.17) is 4.74 Å². The lowest BCUT2D eigenvalue weighted by Gasteiger charge is -2.31. The van der Waals surface area contributed by atoms with Gasteiger partial charge >= 0.3 is 0 Å². The van der Waals surface area contributed by atoms with Gasteiger partial charge in [-0.3, -0.25) is 0 Å². The third kappa shape index (κ3) is 3.83. The first-order valence-corrected chi connectivity index (χ1v) is 6.70. The Hall–Kier alpha value is -0.860. The number of benzene rings is 1. The third-order valence-electron chi connectivity index (χ3n) is 3.67. The highest BCUT2D eigenvalue weighted by atomic mass is 16.5. The molecule has 0 spiro atoms. The van der Waals surface area contributed by atoms with Crippen molar-refractivity contribution < 1.29 is 4.74 Å². The zero-order chi connectivity index (χ0) is 11.9. The lowest BCUT2D eigenvalue weighted by molar-refractivity contribution is 0.0421. The summed E-state index contributed by atoms with van der Waals surface area (Å²) in [5, 5.41) is 3.65. The highest BCUT2D eigenvalue weighted by molar-refractivity contribution is 5.14. The standard InChI is InChI=1S/C15H23NO/c1-17-15-10-6-5-9-14(15)16-12-11-13-7-3-2-4-8-13/h2-4,7-8,14-16H,5-6,9-12H2,1H3/t14-,15+/m1/s1. The fraction of sp³-hybridized carbons (Fsp3) is 0.600. The SMILES string of the molecule is CO[C@H]1CCCC[C@H]1NCCc1ccccc1. The van der Waals surface area contributed by atoms with Crippen molar-refractivity contribution in [2.24, 2.45) is 0 Å². The van der Waals surface area contributed by atoms with E-state index in [1.54, 1.807) is 0 Å². The van der Waals surface area contributed by atoms with Crippen LogP contribution in [-0.2, 0) is 11.2 Å². The van der Waals surface area contributed by atoms with Crippen molar-refractivity contribution >= 4 is 0 Å². The summed E-state index contributed by atoms with van der Waals surface area (Å²) in [6.45, 7) is 1.05. The summed E-state index contributed by atoms with van der Waals surface area (Å²) in [4.78, 5) is 0. The molecule has 0 unspecified atom stereocenters. The van der Waals surface area contributed by atoms with E-state index in [1.165, 1.54) is 31.2 Å². The lowest BCUT2D eigenvalue weighted by atomic mass is 9.92. The van der Waals surface area contributed by atoms with Gasteiger partial charge in [0.25, 0.3) is 0 Å². The number of nitrogens with one attached hydrogen (secondary N) is 1. The predicted molar refractivity (Wildman–Crippen MR) is 71.2 cm³/mol. The fourth-order valence-corrected chi connectivity index (χ4v) is 2.66. The average molecular weight is 233 g/mol. The summed E-state index contributed by atoms with van der Waals surface area (Å²) in [6, 6.07) is 11.2. The van der Waals surface area contributed by atoms with E-state index in [-0.39, 0.29) is 0 Å². The summed E-state index contributed by atoms with van der Waals surface area (Å²) in [5.74, 6) is 0. The molecule has 0 bridgehead atoms. The third-order valence-corrected chi connectivity index (χ3v) is 3.67. The van der Waals surface area contributed by atoms with Gasteiger partial charge in [0.15, 0.2) is 0 Å². The van der Waals surface area contributed by atoms with Gasteiger partial charge in [0, 0.05) is 13.2 Å². The van der Waals surface area contributed by atoms with Crippen molar-refractivity contribution in [2.75, 3.05) is 13.7 Å². The lowest BCUT2D eigenvalue weighted by Crippen LogP contribution is -2.43. The molecule has 1 saturated carbocycles. The van der Waals surface area contributed by atoms with Crippen LogP contribution in [0.1, 0.15) is 31.2 Å². The van der Waals surface area contributed by atoms with Crippen LogP contribution >= 0.6 is 0 Å². The zero-order valence-electron chi connectivity index (χ0n) is 10.7. The maximum Gasteiger partial charge on any atom is 0.0724 e. The Morgan fingerprint density at radius 3 is 2.71 bits per heavy atom. The minimum Gasteiger partial charge on any atom is -0.380 e. The van der Waals surface area contributed by atoms with E-state index < -0.39 is 0 Å². The summed E-state index contributed by atoms with van der Waals surface area (Å²) in [5.41, 5.74) is 1.41.